The van der Waals surface area contributed by atoms with Gasteiger partial charge in [0.2, 0.25) is 0 Å². The Morgan fingerprint density at radius 1 is 1.29 bits per heavy atom. The van der Waals surface area contributed by atoms with Gasteiger partial charge in [-0.3, -0.25) is 9.20 Å². The predicted octanol–water partition coefficient (Wildman–Crippen LogP) is 4.43. The number of imidazole rings is 1. The second kappa shape index (κ2) is 6.80. The molecule has 0 spiro atoms. The fourth-order valence-electron chi connectivity index (χ4n) is 2.30. The lowest BCUT2D eigenvalue weighted by Gasteiger charge is -2.01. The van der Waals surface area contributed by atoms with Crippen molar-refractivity contribution >= 4 is 34.7 Å². The van der Waals surface area contributed by atoms with Gasteiger partial charge in [0.25, 0.3) is 0 Å². The third kappa shape index (κ3) is 3.28. The number of benzene rings is 1. The molecular weight excluding hydrogens is 328 g/mol. The Morgan fingerprint density at radius 3 is 2.88 bits per heavy atom. The first kappa shape index (κ1) is 16.1. The van der Waals surface area contributed by atoms with Crippen LogP contribution in [-0.4, -0.2) is 22.5 Å². The van der Waals surface area contributed by atoms with Crippen LogP contribution in [0.2, 0.25) is 5.02 Å². The Hall–Kier alpha value is -2.73. The van der Waals surface area contributed by atoms with Crippen molar-refractivity contribution in [1.82, 2.24) is 9.38 Å². The summed E-state index contributed by atoms with van der Waals surface area (Å²) in [4.78, 5) is 16.1. The van der Waals surface area contributed by atoms with E-state index in [0.717, 1.165) is 5.56 Å². The summed E-state index contributed by atoms with van der Waals surface area (Å²) < 4.78 is 6.51. The quantitative estimate of drug-likeness (QED) is 0.520. The van der Waals surface area contributed by atoms with Crippen LogP contribution in [0.5, 0.6) is 0 Å². The van der Waals surface area contributed by atoms with Crippen LogP contribution in [0.4, 0.5) is 11.5 Å². The van der Waals surface area contributed by atoms with Gasteiger partial charge >= 0.3 is 5.97 Å². The summed E-state index contributed by atoms with van der Waals surface area (Å²) in [5.74, 6) is 0.128. The molecule has 0 unspecified atom stereocenters. The predicted molar refractivity (Wildman–Crippen MR) is 91.3 cm³/mol. The Morgan fingerprint density at radius 2 is 2.12 bits per heavy atom. The number of nitrogens with zero attached hydrogens (tertiary/aromatic N) is 4. The highest BCUT2D eigenvalue weighted by atomic mass is 35.5. The van der Waals surface area contributed by atoms with Crippen molar-refractivity contribution in [2.45, 2.75) is 13.3 Å². The molecule has 1 aromatic carbocycles. The minimum Gasteiger partial charge on any atom is -0.469 e. The third-order valence-electron chi connectivity index (χ3n) is 3.52. The van der Waals surface area contributed by atoms with Crippen LogP contribution in [0, 0.1) is 6.92 Å². The lowest BCUT2D eigenvalue weighted by molar-refractivity contribution is -0.139. The number of hydrogen-bond donors (Lipinski definition) is 0. The number of esters is 1. The molecule has 6 nitrogen and oxygen atoms in total. The maximum absolute atomic E-state index is 11.6. The number of aromatic nitrogens is 2. The smallest absolute Gasteiger partial charge is 0.311 e. The average Bonchev–Trinajstić information content (AvgIpc) is 2.91. The normalized spacial score (nSPS) is 11.3. The van der Waals surface area contributed by atoms with Gasteiger partial charge in [0.15, 0.2) is 5.82 Å². The van der Waals surface area contributed by atoms with Crippen molar-refractivity contribution in [1.29, 1.82) is 0 Å². The number of aryl methyl sites for hydroxylation is 1. The highest BCUT2D eigenvalue weighted by molar-refractivity contribution is 6.30. The van der Waals surface area contributed by atoms with E-state index in [4.69, 9.17) is 16.3 Å². The van der Waals surface area contributed by atoms with Crippen molar-refractivity contribution < 1.29 is 9.53 Å². The van der Waals surface area contributed by atoms with Crippen LogP contribution >= 0.6 is 11.6 Å². The number of pyridine rings is 1. The van der Waals surface area contributed by atoms with E-state index in [1.54, 1.807) is 16.5 Å². The number of ether oxygens (including phenoxy) is 1. The van der Waals surface area contributed by atoms with Crippen LogP contribution in [0.15, 0.2) is 52.8 Å². The molecule has 0 atom stereocenters. The number of carbonyl (C=O) groups excluding carboxylic acids is 1. The van der Waals surface area contributed by atoms with Crippen molar-refractivity contribution in [3.63, 3.8) is 0 Å². The van der Waals surface area contributed by atoms with Crippen LogP contribution in [0.1, 0.15) is 11.3 Å². The lowest BCUT2D eigenvalue weighted by atomic mass is 10.2. The first-order valence-corrected chi connectivity index (χ1v) is 7.67. The van der Waals surface area contributed by atoms with Gasteiger partial charge in [0.05, 0.1) is 24.9 Å². The van der Waals surface area contributed by atoms with E-state index in [9.17, 15) is 4.79 Å². The molecule has 0 fully saturated rings. The second-order valence-corrected chi connectivity index (χ2v) is 5.63. The van der Waals surface area contributed by atoms with E-state index in [0.29, 0.717) is 27.9 Å². The zero-order valence-electron chi connectivity index (χ0n) is 13.2. The molecule has 0 aliphatic rings. The molecule has 7 heteroatoms. The maximum Gasteiger partial charge on any atom is 0.311 e. The fourth-order valence-corrected chi connectivity index (χ4v) is 2.52. The molecule has 3 aromatic rings. The van der Waals surface area contributed by atoms with Crippen LogP contribution < -0.4 is 0 Å². The molecule has 24 heavy (non-hydrogen) atoms. The molecule has 0 aliphatic heterocycles. The highest BCUT2D eigenvalue weighted by Crippen LogP contribution is 2.27. The first-order valence-electron chi connectivity index (χ1n) is 7.29. The number of fused-ring (bicyclic) bond motifs is 1. The van der Waals surface area contributed by atoms with Crippen LogP contribution in [0.3, 0.4) is 0 Å². The van der Waals surface area contributed by atoms with Gasteiger partial charge < -0.3 is 4.74 Å². The molecule has 2 heterocycles. The van der Waals surface area contributed by atoms with E-state index < -0.39 is 0 Å². The summed E-state index contributed by atoms with van der Waals surface area (Å²) in [6.07, 6.45) is 1.86. The lowest BCUT2D eigenvalue weighted by Crippen LogP contribution is -2.04. The van der Waals surface area contributed by atoms with Gasteiger partial charge in [0, 0.05) is 11.2 Å². The topological polar surface area (TPSA) is 68.3 Å². The Balaban J connectivity index is 2.04. The summed E-state index contributed by atoms with van der Waals surface area (Å²) in [7, 11) is 1.34. The van der Waals surface area contributed by atoms with Crippen LogP contribution in [0.25, 0.3) is 5.65 Å². The standard InChI is InChI=1S/C17H15ClN4O2/c1-11-9-12(18)6-7-13(11)20-21-17-14(10-16(23)24-2)19-15-5-3-4-8-22(15)17/h3-9H,10H2,1-2H3. The van der Waals surface area contributed by atoms with Crippen molar-refractivity contribution in [2.24, 2.45) is 10.2 Å². The molecule has 0 bridgehead atoms. The van der Waals surface area contributed by atoms with Crippen molar-refractivity contribution in [3.05, 3.63) is 58.9 Å². The third-order valence-corrected chi connectivity index (χ3v) is 3.76. The second-order valence-electron chi connectivity index (χ2n) is 5.19. The molecule has 2 aromatic heterocycles. The summed E-state index contributed by atoms with van der Waals surface area (Å²) >= 11 is 5.96. The minimum atomic E-state index is -0.377. The van der Waals surface area contributed by atoms with Gasteiger partial charge in [0.1, 0.15) is 5.65 Å². The van der Waals surface area contributed by atoms with Gasteiger partial charge in [-0.25, -0.2) is 4.98 Å². The number of halogens is 1. The number of methoxy groups -OCH3 is 1. The Labute approximate surface area is 143 Å². The van der Waals surface area contributed by atoms with Crippen molar-refractivity contribution in [3.8, 4) is 0 Å². The minimum absolute atomic E-state index is 0.0339. The van der Waals surface area contributed by atoms with Crippen molar-refractivity contribution in [2.75, 3.05) is 7.11 Å². The van der Waals surface area contributed by atoms with Gasteiger partial charge in [-0.1, -0.05) is 17.7 Å². The van der Waals surface area contributed by atoms with E-state index in [1.165, 1.54) is 7.11 Å². The monoisotopic (exact) mass is 342 g/mol. The Kier molecular flexibility index (Phi) is 4.57. The van der Waals surface area contributed by atoms with Gasteiger partial charge in [-0.05, 0) is 42.8 Å². The van der Waals surface area contributed by atoms with E-state index in [2.05, 4.69) is 15.2 Å². The zero-order chi connectivity index (χ0) is 17.1. The maximum atomic E-state index is 11.6. The highest BCUT2D eigenvalue weighted by Gasteiger charge is 2.15. The fraction of sp³-hybridized carbons (Fsp3) is 0.176. The molecule has 0 saturated heterocycles. The molecule has 0 aliphatic carbocycles. The number of rotatable bonds is 4. The molecule has 0 amide bonds. The molecule has 0 N–H and O–H groups in total. The molecule has 0 radical (unpaired) electrons. The molecule has 122 valence electrons. The summed E-state index contributed by atoms with van der Waals surface area (Å²) in [6, 6.07) is 10.9. The number of carbonyl (C=O) groups is 1. The largest absolute Gasteiger partial charge is 0.469 e. The summed E-state index contributed by atoms with van der Waals surface area (Å²) in [5, 5.41) is 9.25. The van der Waals surface area contributed by atoms with E-state index in [1.807, 2.05) is 37.4 Å². The number of hydrogen-bond acceptors (Lipinski definition) is 5. The average molecular weight is 343 g/mol. The molecule has 0 saturated carbocycles. The zero-order valence-corrected chi connectivity index (χ0v) is 14.0. The van der Waals surface area contributed by atoms with Gasteiger partial charge in [-0.2, -0.15) is 0 Å². The Bertz CT molecular complexity index is 933. The molecular formula is C17H15ClN4O2. The van der Waals surface area contributed by atoms with Crippen LogP contribution in [-0.2, 0) is 16.0 Å². The SMILES string of the molecule is COC(=O)Cc1nc2ccccn2c1N=Nc1ccc(Cl)cc1C. The van der Waals surface area contributed by atoms with E-state index >= 15 is 0 Å². The van der Waals surface area contributed by atoms with E-state index in [-0.39, 0.29) is 12.4 Å². The first-order chi connectivity index (χ1) is 11.6. The van der Waals surface area contributed by atoms with Gasteiger partial charge in [-0.15, -0.1) is 10.2 Å². The summed E-state index contributed by atoms with van der Waals surface area (Å²) in [5.41, 5.74) is 2.82. The molecule has 3 rings (SSSR count). The summed E-state index contributed by atoms with van der Waals surface area (Å²) in [6.45, 7) is 1.91. The number of azo groups is 1.